The van der Waals surface area contributed by atoms with E-state index in [1.165, 1.54) is 21.6 Å². The number of aryl methyl sites for hydroxylation is 2. The van der Waals surface area contributed by atoms with E-state index in [2.05, 4.69) is 15.4 Å². The molecule has 1 aromatic carbocycles. The number of carbonyl (C=O) groups excluding carboxylic acids is 1. The zero-order valence-electron chi connectivity index (χ0n) is 12.7. The smallest absolute Gasteiger partial charge is 0.295 e. The van der Waals surface area contributed by atoms with Gasteiger partial charge in [0.05, 0.1) is 11.4 Å². The van der Waals surface area contributed by atoms with Crippen molar-refractivity contribution in [2.45, 2.75) is 6.92 Å². The summed E-state index contributed by atoms with van der Waals surface area (Å²) >= 11 is 0. The Balaban J connectivity index is 1.84. The molecule has 0 radical (unpaired) electrons. The van der Waals surface area contributed by atoms with Gasteiger partial charge in [-0.2, -0.15) is 0 Å². The second-order valence-corrected chi connectivity index (χ2v) is 5.12. The third-order valence-electron chi connectivity index (χ3n) is 3.40. The summed E-state index contributed by atoms with van der Waals surface area (Å²) in [6.07, 6.45) is 3.06. The molecule has 0 saturated heterocycles. The van der Waals surface area contributed by atoms with Gasteiger partial charge in [0, 0.05) is 19.3 Å². The van der Waals surface area contributed by atoms with E-state index in [9.17, 15) is 9.59 Å². The Hall–Kier alpha value is -3.22. The Bertz CT molecular complexity index is 912. The largest absolute Gasteiger partial charge is 0.318 e. The van der Waals surface area contributed by atoms with Gasteiger partial charge in [0.25, 0.3) is 11.5 Å². The van der Waals surface area contributed by atoms with Crippen molar-refractivity contribution in [1.82, 2.24) is 19.3 Å². The van der Waals surface area contributed by atoms with Crippen LogP contribution >= 0.6 is 0 Å². The van der Waals surface area contributed by atoms with E-state index in [-0.39, 0.29) is 11.4 Å². The SMILES string of the molecule is Cc1cc(=O)n(C)cc1NC(=O)c1ncn(-c2ccccc2)n1. The fraction of sp³-hybridized carbons (Fsp3) is 0.125. The van der Waals surface area contributed by atoms with Crippen LogP contribution in [0.3, 0.4) is 0 Å². The van der Waals surface area contributed by atoms with Crippen LogP contribution in [0.5, 0.6) is 0 Å². The standard InChI is InChI=1S/C16H15N5O2/c1-11-8-14(22)20(2)9-13(11)18-16(23)15-17-10-21(19-15)12-6-4-3-5-7-12/h3-10H,1-2H3,(H,18,23). The average Bonchev–Trinajstić information content (AvgIpc) is 3.03. The molecule has 0 unspecified atom stereocenters. The topological polar surface area (TPSA) is 81.8 Å². The van der Waals surface area contributed by atoms with Crippen LogP contribution in [0.15, 0.2) is 53.7 Å². The predicted molar refractivity (Wildman–Crippen MR) is 85.7 cm³/mol. The van der Waals surface area contributed by atoms with Crippen molar-refractivity contribution in [3.05, 3.63) is 70.7 Å². The first kappa shape index (κ1) is 14.7. The number of rotatable bonds is 3. The Morgan fingerprint density at radius 3 is 2.70 bits per heavy atom. The monoisotopic (exact) mass is 309 g/mol. The van der Waals surface area contributed by atoms with Gasteiger partial charge in [0.2, 0.25) is 5.82 Å². The number of anilines is 1. The first-order chi connectivity index (χ1) is 11.0. The summed E-state index contributed by atoms with van der Waals surface area (Å²) < 4.78 is 2.93. The summed E-state index contributed by atoms with van der Waals surface area (Å²) in [5, 5.41) is 6.89. The molecule has 0 bridgehead atoms. The van der Waals surface area contributed by atoms with E-state index in [4.69, 9.17) is 0 Å². The molecule has 1 amide bonds. The maximum atomic E-state index is 12.3. The molecular formula is C16H15N5O2. The second-order valence-electron chi connectivity index (χ2n) is 5.12. The third kappa shape index (κ3) is 3.03. The molecule has 3 rings (SSSR count). The van der Waals surface area contributed by atoms with Gasteiger partial charge >= 0.3 is 0 Å². The van der Waals surface area contributed by atoms with Crippen LogP contribution in [-0.4, -0.2) is 25.2 Å². The highest BCUT2D eigenvalue weighted by Crippen LogP contribution is 2.12. The van der Waals surface area contributed by atoms with Gasteiger partial charge in [-0.25, -0.2) is 9.67 Å². The van der Waals surface area contributed by atoms with Crippen molar-refractivity contribution in [3.8, 4) is 5.69 Å². The summed E-state index contributed by atoms with van der Waals surface area (Å²) in [5.41, 5.74) is 1.92. The van der Waals surface area contributed by atoms with Crippen molar-refractivity contribution >= 4 is 11.6 Å². The maximum absolute atomic E-state index is 12.3. The normalized spacial score (nSPS) is 10.5. The van der Waals surface area contributed by atoms with Crippen LogP contribution in [0, 0.1) is 6.92 Å². The number of hydrogen-bond donors (Lipinski definition) is 1. The lowest BCUT2D eigenvalue weighted by Crippen LogP contribution is -2.20. The van der Waals surface area contributed by atoms with Gasteiger partial charge in [0.1, 0.15) is 6.33 Å². The minimum atomic E-state index is -0.429. The lowest BCUT2D eigenvalue weighted by atomic mass is 10.2. The van der Waals surface area contributed by atoms with Crippen LogP contribution in [0.2, 0.25) is 0 Å². The summed E-state index contributed by atoms with van der Waals surface area (Å²) in [6, 6.07) is 10.9. The fourth-order valence-electron chi connectivity index (χ4n) is 2.11. The lowest BCUT2D eigenvalue weighted by molar-refractivity contribution is 0.101. The molecule has 2 heterocycles. The van der Waals surface area contributed by atoms with Gasteiger partial charge in [-0.15, -0.1) is 5.10 Å². The Morgan fingerprint density at radius 2 is 1.96 bits per heavy atom. The van der Waals surface area contributed by atoms with Crippen LogP contribution < -0.4 is 10.9 Å². The number of nitrogens with one attached hydrogen (secondary N) is 1. The average molecular weight is 309 g/mol. The number of pyridine rings is 1. The summed E-state index contributed by atoms with van der Waals surface area (Å²) in [5.74, 6) is -0.372. The van der Waals surface area contributed by atoms with Crippen molar-refractivity contribution in [2.24, 2.45) is 7.05 Å². The van der Waals surface area contributed by atoms with Gasteiger partial charge in [0.15, 0.2) is 0 Å². The molecule has 7 nitrogen and oxygen atoms in total. The molecule has 3 aromatic rings. The van der Waals surface area contributed by atoms with E-state index in [0.717, 1.165) is 5.69 Å². The molecule has 116 valence electrons. The van der Waals surface area contributed by atoms with E-state index in [1.807, 2.05) is 30.3 Å². The van der Waals surface area contributed by atoms with Crippen molar-refractivity contribution < 1.29 is 4.79 Å². The summed E-state index contributed by atoms with van der Waals surface area (Å²) in [6.45, 7) is 1.76. The zero-order chi connectivity index (χ0) is 16.4. The molecular weight excluding hydrogens is 294 g/mol. The zero-order valence-corrected chi connectivity index (χ0v) is 12.7. The minimum absolute atomic E-state index is 0.0575. The van der Waals surface area contributed by atoms with E-state index in [1.54, 1.807) is 20.2 Å². The van der Waals surface area contributed by atoms with Crippen LogP contribution in [0.25, 0.3) is 5.69 Å². The van der Waals surface area contributed by atoms with Crippen molar-refractivity contribution in [2.75, 3.05) is 5.32 Å². The molecule has 0 fully saturated rings. The second kappa shape index (κ2) is 5.88. The third-order valence-corrected chi connectivity index (χ3v) is 3.40. The van der Waals surface area contributed by atoms with Crippen LogP contribution in [-0.2, 0) is 7.05 Å². The highest BCUT2D eigenvalue weighted by molar-refractivity contribution is 6.01. The number of carbonyl (C=O) groups is 1. The highest BCUT2D eigenvalue weighted by atomic mass is 16.2. The highest BCUT2D eigenvalue weighted by Gasteiger charge is 2.14. The van der Waals surface area contributed by atoms with E-state index < -0.39 is 5.91 Å². The number of hydrogen-bond acceptors (Lipinski definition) is 4. The summed E-state index contributed by atoms with van der Waals surface area (Å²) in [4.78, 5) is 27.8. The predicted octanol–water partition coefficient (Wildman–Crippen LogP) is 1.53. The maximum Gasteiger partial charge on any atom is 0.295 e. The number of benzene rings is 1. The first-order valence-corrected chi connectivity index (χ1v) is 7.00. The Labute approximate surface area is 132 Å². The van der Waals surface area contributed by atoms with E-state index >= 15 is 0 Å². The number of para-hydroxylation sites is 1. The quantitative estimate of drug-likeness (QED) is 0.795. The Kier molecular flexibility index (Phi) is 3.76. The molecule has 0 spiro atoms. The van der Waals surface area contributed by atoms with Gasteiger partial charge in [-0.3, -0.25) is 9.59 Å². The molecule has 23 heavy (non-hydrogen) atoms. The van der Waals surface area contributed by atoms with Crippen molar-refractivity contribution in [3.63, 3.8) is 0 Å². The molecule has 0 aliphatic carbocycles. The van der Waals surface area contributed by atoms with Gasteiger partial charge < -0.3 is 9.88 Å². The molecule has 0 aliphatic heterocycles. The number of amides is 1. The van der Waals surface area contributed by atoms with E-state index in [0.29, 0.717) is 11.3 Å². The molecule has 7 heteroatoms. The first-order valence-electron chi connectivity index (χ1n) is 7.00. The Morgan fingerprint density at radius 1 is 1.22 bits per heavy atom. The number of nitrogens with zero attached hydrogens (tertiary/aromatic N) is 4. The fourth-order valence-corrected chi connectivity index (χ4v) is 2.11. The number of aromatic nitrogens is 4. The van der Waals surface area contributed by atoms with Crippen LogP contribution in [0.4, 0.5) is 5.69 Å². The molecule has 0 atom stereocenters. The molecule has 0 saturated carbocycles. The molecule has 1 N–H and O–H groups in total. The van der Waals surface area contributed by atoms with Gasteiger partial charge in [-0.05, 0) is 24.6 Å². The van der Waals surface area contributed by atoms with Crippen molar-refractivity contribution in [1.29, 1.82) is 0 Å². The minimum Gasteiger partial charge on any atom is -0.318 e. The van der Waals surface area contributed by atoms with Crippen LogP contribution in [0.1, 0.15) is 16.2 Å². The lowest BCUT2D eigenvalue weighted by Gasteiger charge is -2.08. The summed E-state index contributed by atoms with van der Waals surface area (Å²) in [7, 11) is 1.62. The molecule has 2 aromatic heterocycles. The van der Waals surface area contributed by atoms with Gasteiger partial charge in [-0.1, -0.05) is 18.2 Å². The molecule has 0 aliphatic rings.